The van der Waals surface area contributed by atoms with Crippen LogP contribution in [0.1, 0.15) is 18.4 Å². The number of nitrogens with zero attached hydrogens (tertiary/aromatic N) is 3. The van der Waals surface area contributed by atoms with Crippen LogP contribution in [0.4, 0.5) is 5.82 Å². The molecule has 8 heteroatoms. The van der Waals surface area contributed by atoms with Crippen molar-refractivity contribution < 1.29 is 8.42 Å². The van der Waals surface area contributed by atoms with Crippen molar-refractivity contribution in [2.45, 2.75) is 29.7 Å². The smallest absolute Gasteiger partial charge is 0.211 e. The number of nitrogens with one attached hydrogen (secondary N) is 1. The molecule has 25 heavy (non-hydrogen) atoms. The van der Waals surface area contributed by atoms with Crippen LogP contribution in [-0.2, 0) is 15.8 Å². The van der Waals surface area contributed by atoms with Gasteiger partial charge in [0.05, 0.1) is 18.6 Å². The van der Waals surface area contributed by atoms with Crippen molar-refractivity contribution in [1.82, 2.24) is 14.3 Å². The van der Waals surface area contributed by atoms with Gasteiger partial charge >= 0.3 is 0 Å². The van der Waals surface area contributed by atoms with Crippen molar-refractivity contribution in [3.8, 4) is 0 Å². The van der Waals surface area contributed by atoms with Gasteiger partial charge in [0.25, 0.3) is 0 Å². The molecule has 0 aliphatic carbocycles. The van der Waals surface area contributed by atoms with Gasteiger partial charge in [-0.1, -0.05) is 30.3 Å². The van der Waals surface area contributed by atoms with Crippen LogP contribution in [0, 0.1) is 0 Å². The highest BCUT2D eigenvalue weighted by Crippen LogP contribution is 2.22. The molecule has 2 aromatic rings. The molecule has 1 saturated heterocycles. The molecule has 0 saturated carbocycles. The Hall–Kier alpha value is -1.64. The number of thioether (sulfide) groups is 1. The van der Waals surface area contributed by atoms with E-state index in [0.717, 1.165) is 29.4 Å². The SMILES string of the molecule is CS(=O)(=O)N1CCC(Nc2cncc(SCc3ccccc3)n2)CC1. The van der Waals surface area contributed by atoms with Crippen LogP contribution in [-0.4, -0.2) is 48.1 Å². The summed E-state index contributed by atoms with van der Waals surface area (Å²) in [4.78, 5) is 8.87. The second kappa shape index (κ2) is 8.16. The molecule has 1 aromatic heterocycles. The number of sulfonamides is 1. The Labute approximate surface area is 153 Å². The molecule has 1 aromatic carbocycles. The lowest BCUT2D eigenvalue weighted by molar-refractivity contribution is 0.331. The second-order valence-electron chi connectivity index (χ2n) is 6.10. The van der Waals surface area contributed by atoms with Crippen molar-refractivity contribution >= 4 is 27.6 Å². The second-order valence-corrected chi connectivity index (χ2v) is 9.08. The maximum atomic E-state index is 11.6. The first-order valence-electron chi connectivity index (χ1n) is 8.21. The van der Waals surface area contributed by atoms with Crippen molar-refractivity contribution in [2.75, 3.05) is 24.7 Å². The highest BCUT2D eigenvalue weighted by atomic mass is 32.2. The molecule has 0 bridgehead atoms. The summed E-state index contributed by atoms with van der Waals surface area (Å²) in [6.45, 7) is 1.10. The van der Waals surface area contributed by atoms with E-state index in [0.29, 0.717) is 13.1 Å². The summed E-state index contributed by atoms with van der Waals surface area (Å²) < 4.78 is 24.7. The van der Waals surface area contributed by atoms with Gasteiger partial charge in [-0.2, -0.15) is 0 Å². The summed E-state index contributed by atoms with van der Waals surface area (Å²) in [7, 11) is -3.09. The maximum absolute atomic E-state index is 11.6. The lowest BCUT2D eigenvalue weighted by Gasteiger charge is -2.30. The third-order valence-electron chi connectivity index (χ3n) is 4.12. The minimum atomic E-state index is -3.09. The van der Waals surface area contributed by atoms with Crippen LogP contribution in [0.25, 0.3) is 0 Å². The highest BCUT2D eigenvalue weighted by Gasteiger charge is 2.24. The third kappa shape index (κ3) is 5.42. The molecule has 6 nitrogen and oxygen atoms in total. The summed E-state index contributed by atoms with van der Waals surface area (Å²) in [5.74, 6) is 1.60. The van der Waals surface area contributed by atoms with Gasteiger partial charge in [-0.3, -0.25) is 4.98 Å². The molecule has 0 atom stereocenters. The summed E-state index contributed by atoms with van der Waals surface area (Å²) in [5, 5.41) is 4.26. The molecule has 3 rings (SSSR count). The molecule has 134 valence electrons. The molecular weight excluding hydrogens is 356 g/mol. The number of anilines is 1. The number of aromatic nitrogens is 2. The van der Waals surface area contributed by atoms with Crippen LogP contribution >= 0.6 is 11.8 Å². The van der Waals surface area contributed by atoms with Gasteiger partial charge in [-0.25, -0.2) is 17.7 Å². The fourth-order valence-corrected chi connectivity index (χ4v) is 4.44. The summed E-state index contributed by atoms with van der Waals surface area (Å²) in [6.07, 6.45) is 6.30. The minimum Gasteiger partial charge on any atom is -0.366 e. The van der Waals surface area contributed by atoms with E-state index in [1.807, 2.05) is 18.2 Å². The number of benzene rings is 1. The monoisotopic (exact) mass is 378 g/mol. The molecule has 1 fully saturated rings. The number of rotatable bonds is 6. The van der Waals surface area contributed by atoms with Crippen LogP contribution < -0.4 is 5.32 Å². The van der Waals surface area contributed by atoms with Gasteiger partial charge in [0.1, 0.15) is 10.8 Å². The molecule has 0 radical (unpaired) electrons. The zero-order chi connectivity index (χ0) is 17.7. The quantitative estimate of drug-likeness (QED) is 0.779. The van der Waals surface area contributed by atoms with E-state index in [-0.39, 0.29) is 6.04 Å². The molecule has 0 amide bonds. The van der Waals surface area contributed by atoms with Gasteiger partial charge in [-0.05, 0) is 18.4 Å². The van der Waals surface area contributed by atoms with Gasteiger partial charge < -0.3 is 5.32 Å². The minimum absolute atomic E-state index is 0.224. The molecule has 0 unspecified atom stereocenters. The topological polar surface area (TPSA) is 75.2 Å². The molecule has 1 aliphatic rings. The van der Waals surface area contributed by atoms with E-state index in [2.05, 4.69) is 27.4 Å². The van der Waals surface area contributed by atoms with E-state index >= 15 is 0 Å². The van der Waals surface area contributed by atoms with E-state index in [1.165, 1.54) is 16.1 Å². The van der Waals surface area contributed by atoms with E-state index in [9.17, 15) is 8.42 Å². The lowest BCUT2D eigenvalue weighted by Crippen LogP contribution is -2.41. The average Bonchev–Trinajstić information content (AvgIpc) is 2.61. The van der Waals surface area contributed by atoms with E-state index < -0.39 is 10.0 Å². The Morgan fingerprint density at radius 2 is 1.92 bits per heavy atom. The van der Waals surface area contributed by atoms with E-state index in [4.69, 9.17) is 0 Å². The lowest BCUT2D eigenvalue weighted by atomic mass is 10.1. The van der Waals surface area contributed by atoms with Crippen molar-refractivity contribution in [2.24, 2.45) is 0 Å². The summed E-state index contributed by atoms with van der Waals surface area (Å²) in [6, 6.07) is 10.5. The zero-order valence-corrected chi connectivity index (χ0v) is 15.8. The highest BCUT2D eigenvalue weighted by molar-refractivity contribution is 7.98. The van der Waals surface area contributed by atoms with Crippen LogP contribution in [0.15, 0.2) is 47.8 Å². The Kier molecular flexibility index (Phi) is 5.93. The van der Waals surface area contributed by atoms with E-state index in [1.54, 1.807) is 24.2 Å². The predicted octanol–water partition coefficient (Wildman–Crippen LogP) is 2.60. The van der Waals surface area contributed by atoms with Crippen LogP contribution in [0.3, 0.4) is 0 Å². The molecular formula is C17H22N4O2S2. The number of hydrogen-bond donors (Lipinski definition) is 1. The third-order valence-corrected chi connectivity index (χ3v) is 6.39. The maximum Gasteiger partial charge on any atom is 0.211 e. The van der Waals surface area contributed by atoms with Crippen molar-refractivity contribution in [3.05, 3.63) is 48.3 Å². The molecule has 1 aliphatic heterocycles. The number of piperidine rings is 1. The normalized spacial score (nSPS) is 16.7. The van der Waals surface area contributed by atoms with Crippen LogP contribution in [0.2, 0.25) is 0 Å². The first-order chi connectivity index (χ1) is 12.0. The predicted molar refractivity (Wildman–Crippen MR) is 101 cm³/mol. The molecule has 0 spiro atoms. The zero-order valence-electron chi connectivity index (χ0n) is 14.1. The molecule has 1 N–H and O–H groups in total. The molecule has 2 heterocycles. The summed E-state index contributed by atoms with van der Waals surface area (Å²) >= 11 is 1.65. The summed E-state index contributed by atoms with van der Waals surface area (Å²) in [5.41, 5.74) is 1.25. The fourth-order valence-electron chi connectivity index (χ4n) is 2.76. The van der Waals surface area contributed by atoms with Gasteiger partial charge in [-0.15, -0.1) is 11.8 Å². The van der Waals surface area contributed by atoms with Crippen molar-refractivity contribution in [1.29, 1.82) is 0 Å². The van der Waals surface area contributed by atoms with Crippen LogP contribution in [0.5, 0.6) is 0 Å². The largest absolute Gasteiger partial charge is 0.366 e. The number of hydrogen-bond acceptors (Lipinski definition) is 6. The Bertz CT molecular complexity index is 791. The first kappa shape index (κ1) is 18.2. The van der Waals surface area contributed by atoms with Gasteiger partial charge in [0.2, 0.25) is 10.0 Å². The standard InChI is InChI=1S/C17H22N4O2S2/c1-25(22,23)21-9-7-15(8-10-21)19-16-11-18-12-17(20-16)24-13-14-5-3-2-4-6-14/h2-6,11-12,15H,7-10,13H2,1H3,(H,19,20). The fraction of sp³-hybridized carbons (Fsp3) is 0.412. The Balaban J connectivity index is 1.54. The Morgan fingerprint density at radius 1 is 1.20 bits per heavy atom. The Morgan fingerprint density at radius 3 is 2.60 bits per heavy atom. The van der Waals surface area contributed by atoms with Crippen molar-refractivity contribution in [3.63, 3.8) is 0 Å². The van der Waals surface area contributed by atoms with Gasteiger partial charge in [0, 0.05) is 24.9 Å². The first-order valence-corrected chi connectivity index (χ1v) is 11.0. The average molecular weight is 379 g/mol. The van der Waals surface area contributed by atoms with Gasteiger partial charge in [0.15, 0.2) is 0 Å².